The molecule has 1 radical (unpaired) electrons. The van der Waals surface area contributed by atoms with Crippen molar-refractivity contribution in [2.24, 2.45) is 17.1 Å². The van der Waals surface area contributed by atoms with E-state index in [9.17, 15) is 4.79 Å². The van der Waals surface area contributed by atoms with Crippen LogP contribution in [0, 0.1) is 17.8 Å². The van der Waals surface area contributed by atoms with Gasteiger partial charge in [0.05, 0.1) is 5.41 Å². The second-order valence-electron chi connectivity index (χ2n) is 4.59. The molecule has 2 fully saturated rings. The van der Waals surface area contributed by atoms with E-state index in [-0.39, 0.29) is 11.3 Å². The molecule has 0 aromatic rings. The maximum atomic E-state index is 11.1. The number of hydrogen-bond donors (Lipinski definition) is 1. The molecule has 2 heteroatoms. The first kappa shape index (κ1) is 9.04. The number of amides is 1. The number of rotatable bonds is 3. The summed E-state index contributed by atoms with van der Waals surface area (Å²) in [4.78, 5) is 11.1. The van der Waals surface area contributed by atoms with Gasteiger partial charge < -0.3 is 5.73 Å². The summed E-state index contributed by atoms with van der Waals surface area (Å²) in [6, 6.07) is 0. The Morgan fingerprint density at radius 2 is 1.85 bits per heavy atom. The molecule has 0 saturated heterocycles. The third-order valence-corrected chi connectivity index (χ3v) is 3.48. The Morgan fingerprint density at radius 1 is 1.23 bits per heavy atom. The largest absolute Gasteiger partial charge is 0.369 e. The Morgan fingerprint density at radius 3 is 2.31 bits per heavy atom. The predicted molar refractivity (Wildman–Crippen MR) is 51.7 cm³/mol. The number of nitrogens with two attached hydrogens (primary N) is 1. The number of hydrogen-bond acceptors (Lipinski definition) is 1. The first-order valence-corrected chi connectivity index (χ1v) is 5.39. The van der Waals surface area contributed by atoms with Gasteiger partial charge in [-0.15, -0.1) is 0 Å². The van der Waals surface area contributed by atoms with Crippen molar-refractivity contribution in [3.63, 3.8) is 0 Å². The molecule has 2 rings (SSSR count). The van der Waals surface area contributed by atoms with Crippen molar-refractivity contribution in [3.05, 3.63) is 6.42 Å². The Labute approximate surface area is 79.9 Å². The number of carbonyl (C=O) groups is 1. The Balaban J connectivity index is 1.86. The van der Waals surface area contributed by atoms with E-state index in [0.717, 1.165) is 12.8 Å². The summed E-state index contributed by atoms with van der Waals surface area (Å²) in [5.41, 5.74) is 5.20. The van der Waals surface area contributed by atoms with Gasteiger partial charge in [0.2, 0.25) is 5.91 Å². The van der Waals surface area contributed by atoms with Crippen LogP contribution in [0.5, 0.6) is 0 Å². The second-order valence-corrected chi connectivity index (χ2v) is 4.59. The van der Waals surface area contributed by atoms with Gasteiger partial charge in [-0.05, 0) is 25.2 Å². The molecule has 0 aromatic heterocycles. The molecule has 0 heterocycles. The van der Waals surface area contributed by atoms with Gasteiger partial charge in [0.15, 0.2) is 0 Å². The van der Waals surface area contributed by atoms with Crippen molar-refractivity contribution < 1.29 is 4.79 Å². The molecule has 2 N–H and O–H groups in total. The second kappa shape index (κ2) is 3.32. The minimum atomic E-state index is -0.179. The lowest BCUT2D eigenvalue weighted by molar-refractivity contribution is -0.122. The summed E-state index contributed by atoms with van der Waals surface area (Å²) in [7, 11) is 0. The van der Waals surface area contributed by atoms with Gasteiger partial charge in [-0.1, -0.05) is 32.1 Å². The fourth-order valence-corrected chi connectivity index (χ4v) is 2.38. The first-order valence-electron chi connectivity index (χ1n) is 5.39. The van der Waals surface area contributed by atoms with Gasteiger partial charge >= 0.3 is 0 Å². The zero-order valence-electron chi connectivity index (χ0n) is 8.09. The average molecular weight is 180 g/mol. The van der Waals surface area contributed by atoms with E-state index in [4.69, 9.17) is 5.73 Å². The van der Waals surface area contributed by atoms with Crippen molar-refractivity contribution >= 4 is 5.91 Å². The normalized spacial score (nSPS) is 27.1. The fraction of sp³-hybridized carbons (Fsp3) is 0.818. The summed E-state index contributed by atoms with van der Waals surface area (Å²) < 4.78 is 0. The summed E-state index contributed by atoms with van der Waals surface area (Å²) >= 11 is 0. The minimum Gasteiger partial charge on any atom is -0.369 e. The smallest absolute Gasteiger partial charge is 0.223 e. The van der Waals surface area contributed by atoms with Crippen LogP contribution < -0.4 is 5.73 Å². The lowest BCUT2D eigenvalue weighted by Crippen LogP contribution is -2.28. The third kappa shape index (κ3) is 1.87. The van der Waals surface area contributed by atoms with E-state index in [0.29, 0.717) is 5.92 Å². The van der Waals surface area contributed by atoms with E-state index in [1.165, 1.54) is 32.1 Å². The number of carbonyl (C=O) groups excluding carboxylic acids is 1. The summed E-state index contributed by atoms with van der Waals surface area (Å²) in [5, 5.41) is 0. The molecule has 0 aromatic carbocycles. The molecule has 0 unspecified atom stereocenters. The Hall–Kier alpha value is -0.530. The van der Waals surface area contributed by atoms with Gasteiger partial charge in [0.1, 0.15) is 0 Å². The monoisotopic (exact) mass is 180 g/mol. The van der Waals surface area contributed by atoms with Crippen LogP contribution in [-0.2, 0) is 4.79 Å². The van der Waals surface area contributed by atoms with Gasteiger partial charge in [-0.3, -0.25) is 4.79 Å². The fourth-order valence-electron chi connectivity index (χ4n) is 2.38. The van der Waals surface area contributed by atoms with Crippen LogP contribution in [0.2, 0.25) is 0 Å². The molecule has 0 spiro atoms. The molecule has 2 aliphatic carbocycles. The average Bonchev–Trinajstić information content (AvgIpc) is 2.87. The van der Waals surface area contributed by atoms with Crippen LogP contribution in [0.3, 0.4) is 0 Å². The van der Waals surface area contributed by atoms with Crippen LogP contribution in [0.15, 0.2) is 0 Å². The van der Waals surface area contributed by atoms with Crippen LogP contribution in [0.4, 0.5) is 0 Å². The van der Waals surface area contributed by atoms with Crippen molar-refractivity contribution in [1.29, 1.82) is 0 Å². The minimum absolute atomic E-state index is 0.0990. The molecule has 1 amide bonds. The van der Waals surface area contributed by atoms with E-state index in [1.807, 2.05) is 0 Å². The lowest BCUT2D eigenvalue weighted by Gasteiger charge is -2.24. The summed E-state index contributed by atoms with van der Waals surface area (Å²) in [6.45, 7) is 0. The molecular formula is C11H18NO. The molecule has 2 saturated carbocycles. The zero-order valence-corrected chi connectivity index (χ0v) is 8.09. The van der Waals surface area contributed by atoms with Crippen LogP contribution in [0.1, 0.15) is 44.9 Å². The van der Waals surface area contributed by atoms with Crippen LogP contribution in [-0.4, -0.2) is 5.91 Å². The number of primary amides is 1. The van der Waals surface area contributed by atoms with Crippen LogP contribution in [0.25, 0.3) is 0 Å². The molecule has 2 nitrogen and oxygen atoms in total. The van der Waals surface area contributed by atoms with Crippen molar-refractivity contribution in [1.82, 2.24) is 0 Å². The third-order valence-electron chi connectivity index (χ3n) is 3.48. The SMILES string of the molecule is NC(=O)C1([CH]C2CCCCC2)CC1. The van der Waals surface area contributed by atoms with Crippen molar-refractivity contribution in [2.75, 3.05) is 0 Å². The highest BCUT2D eigenvalue weighted by Gasteiger charge is 2.49. The Bertz CT molecular complexity index is 202. The molecule has 73 valence electrons. The summed E-state index contributed by atoms with van der Waals surface area (Å²) in [5.74, 6) is 0.571. The van der Waals surface area contributed by atoms with Gasteiger partial charge in [0, 0.05) is 0 Å². The summed E-state index contributed by atoms with van der Waals surface area (Å²) in [6.07, 6.45) is 10.8. The highest BCUT2D eigenvalue weighted by molar-refractivity contribution is 5.85. The van der Waals surface area contributed by atoms with Gasteiger partial charge in [-0.25, -0.2) is 0 Å². The molecule has 0 aliphatic heterocycles. The molecule has 13 heavy (non-hydrogen) atoms. The van der Waals surface area contributed by atoms with Crippen molar-refractivity contribution in [2.45, 2.75) is 44.9 Å². The standard InChI is InChI=1S/C11H18NO/c12-10(13)11(6-7-11)8-9-4-2-1-3-5-9/h8-9H,1-7H2,(H2,12,13). The van der Waals surface area contributed by atoms with Crippen molar-refractivity contribution in [3.8, 4) is 0 Å². The van der Waals surface area contributed by atoms with E-state index >= 15 is 0 Å². The van der Waals surface area contributed by atoms with Gasteiger partial charge in [0.25, 0.3) is 0 Å². The topological polar surface area (TPSA) is 43.1 Å². The first-order chi connectivity index (χ1) is 6.23. The van der Waals surface area contributed by atoms with E-state index in [1.54, 1.807) is 0 Å². The molecule has 2 aliphatic rings. The Kier molecular flexibility index (Phi) is 2.31. The molecular weight excluding hydrogens is 162 g/mol. The highest BCUT2D eigenvalue weighted by atomic mass is 16.1. The van der Waals surface area contributed by atoms with E-state index in [2.05, 4.69) is 6.42 Å². The maximum Gasteiger partial charge on any atom is 0.223 e. The highest BCUT2D eigenvalue weighted by Crippen LogP contribution is 2.51. The lowest BCUT2D eigenvalue weighted by atomic mass is 9.81. The quantitative estimate of drug-likeness (QED) is 0.709. The maximum absolute atomic E-state index is 11.1. The van der Waals surface area contributed by atoms with Gasteiger partial charge in [-0.2, -0.15) is 0 Å². The van der Waals surface area contributed by atoms with E-state index < -0.39 is 0 Å². The zero-order chi connectivity index (χ0) is 9.31. The molecule has 0 atom stereocenters. The van der Waals surface area contributed by atoms with Crippen LogP contribution >= 0.6 is 0 Å². The molecule has 0 bridgehead atoms. The predicted octanol–water partition coefficient (Wildman–Crippen LogP) is 2.04.